The third-order valence-electron chi connectivity index (χ3n) is 4.04. The molecule has 2 unspecified atom stereocenters. The summed E-state index contributed by atoms with van der Waals surface area (Å²) in [6.45, 7) is 4.63. The van der Waals surface area contributed by atoms with Crippen LogP contribution in [0.25, 0.3) is 0 Å². The minimum Gasteiger partial charge on any atom is -0.388 e. The molecule has 0 spiro atoms. The fourth-order valence-corrected chi connectivity index (χ4v) is 3.12. The van der Waals surface area contributed by atoms with Gasteiger partial charge < -0.3 is 11.1 Å². The van der Waals surface area contributed by atoms with Crippen LogP contribution in [0.1, 0.15) is 45.2 Å². The molecule has 1 aromatic heterocycles. The van der Waals surface area contributed by atoms with Crippen molar-refractivity contribution in [3.8, 4) is 0 Å². The Morgan fingerprint density at radius 1 is 1.42 bits per heavy atom. The van der Waals surface area contributed by atoms with Crippen molar-refractivity contribution in [3.05, 3.63) is 24.0 Å². The maximum atomic E-state index is 5.63. The van der Waals surface area contributed by atoms with Gasteiger partial charge in [0.1, 0.15) is 4.99 Å². The number of rotatable bonds is 4. The van der Waals surface area contributed by atoms with Crippen LogP contribution in [0.15, 0.2) is 18.3 Å². The van der Waals surface area contributed by atoms with Crippen LogP contribution in [0.4, 0.5) is 5.69 Å². The number of hydrogen-bond acceptors (Lipinski definition) is 3. The molecule has 1 aliphatic carbocycles. The monoisotopic (exact) mass is 277 g/mol. The van der Waals surface area contributed by atoms with Crippen molar-refractivity contribution in [3.63, 3.8) is 0 Å². The van der Waals surface area contributed by atoms with Gasteiger partial charge in [-0.1, -0.05) is 38.9 Å². The Balaban J connectivity index is 2.10. The average molecular weight is 277 g/mol. The van der Waals surface area contributed by atoms with Crippen LogP contribution in [0.5, 0.6) is 0 Å². The number of nitrogens with two attached hydrogens (primary N) is 1. The zero-order valence-electron chi connectivity index (χ0n) is 11.7. The molecule has 4 heteroatoms. The molecule has 3 nitrogen and oxygen atoms in total. The molecule has 1 aromatic rings. The second kappa shape index (κ2) is 6.33. The van der Waals surface area contributed by atoms with E-state index in [9.17, 15) is 0 Å². The summed E-state index contributed by atoms with van der Waals surface area (Å²) in [5, 5.41) is 3.65. The van der Waals surface area contributed by atoms with Crippen LogP contribution in [0.2, 0.25) is 0 Å². The number of aromatic nitrogens is 1. The van der Waals surface area contributed by atoms with Crippen molar-refractivity contribution in [2.45, 2.75) is 45.6 Å². The van der Waals surface area contributed by atoms with Crippen molar-refractivity contribution in [1.82, 2.24) is 4.98 Å². The van der Waals surface area contributed by atoms with E-state index < -0.39 is 0 Å². The smallest absolute Gasteiger partial charge is 0.122 e. The Kier molecular flexibility index (Phi) is 4.75. The molecule has 1 fully saturated rings. The minimum absolute atomic E-state index is 0.354. The third kappa shape index (κ3) is 3.66. The molecule has 0 bridgehead atoms. The van der Waals surface area contributed by atoms with Crippen LogP contribution in [-0.2, 0) is 0 Å². The van der Waals surface area contributed by atoms with Crippen molar-refractivity contribution in [2.24, 2.45) is 17.6 Å². The maximum Gasteiger partial charge on any atom is 0.122 e. The van der Waals surface area contributed by atoms with Gasteiger partial charge in [0.05, 0.1) is 5.69 Å². The highest BCUT2D eigenvalue weighted by Crippen LogP contribution is 2.32. The number of thiocarbonyl (C=S) groups is 1. The molecule has 2 atom stereocenters. The molecular weight excluding hydrogens is 254 g/mol. The van der Waals surface area contributed by atoms with Crippen LogP contribution in [-0.4, -0.2) is 16.0 Å². The van der Waals surface area contributed by atoms with E-state index in [0.717, 1.165) is 17.5 Å². The topological polar surface area (TPSA) is 50.9 Å². The molecule has 3 N–H and O–H groups in total. The van der Waals surface area contributed by atoms with Crippen molar-refractivity contribution >= 4 is 22.9 Å². The summed E-state index contributed by atoms with van der Waals surface area (Å²) < 4.78 is 0. The standard InChI is InChI=1S/C15H23N3S/c1-10(2)12-5-3-4-6-13(12)18-11-7-8-17-14(9-11)15(16)19/h7-10,12-13H,3-6H2,1-2H3,(H2,16,19)(H,17,18). The first-order valence-corrected chi connectivity index (χ1v) is 7.51. The predicted molar refractivity (Wildman–Crippen MR) is 84.3 cm³/mol. The zero-order chi connectivity index (χ0) is 13.8. The Morgan fingerprint density at radius 3 is 2.84 bits per heavy atom. The maximum absolute atomic E-state index is 5.63. The lowest BCUT2D eigenvalue weighted by molar-refractivity contribution is 0.254. The molecule has 2 rings (SSSR count). The van der Waals surface area contributed by atoms with Crippen molar-refractivity contribution in [1.29, 1.82) is 0 Å². The van der Waals surface area contributed by atoms with E-state index in [4.69, 9.17) is 18.0 Å². The molecule has 1 aliphatic rings. The number of nitrogens with zero attached hydrogens (tertiary/aromatic N) is 1. The third-order valence-corrected chi connectivity index (χ3v) is 4.25. The molecule has 1 saturated carbocycles. The molecule has 0 radical (unpaired) electrons. The van der Waals surface area contributed by atoms with E-state index in [0.29, 0.717) is 16.7 Å². The first-order chi connectivity index (χ1) is 9.08. The van der Waals surface area contributed by atoms with Gasteiger partial charge in [-0.2, -0.15) is 0 Å². The largest absolute Gasteiger partial charge is 0.388 e. The van der Waals surface area contributed by atoms with Crippen LogP contribution < -0.4 is 11.1 Å². The van der Waals surface area contributed by atoms with Crippen LogP contribution in [0, 0.1) is 11.8 Å². The number of hydrogen-bond donors (Lipinski definition) is 2. The van der Waals surface area contributed by atoms with Gasteiger partial charge in [-0.3, -0.25) is 4.98 Å². The van der Waals surface area contributed by atoms with Gasteiger partial charge in [0.2, 0.25) is 0 Å². The van der Waals surface area contributed by atoms with E-state index in [1.54, 1.807) is 6.20 Å². The van der Waals surface area contributed by atoms with Crippen molar-refractivity contribution < 1.29 is 0 Å². The lowest BCUT2D eigenvalue weighted by atomic mass is 9.78. The molecule has 0 amide bonds. The number of nitrogens with one attached hydrogen (secondary N) is 1. The Morgan fingerprint density at radius 2 is 2.16 bits per heavy atom. The lowest BCUT2D eigenvalue weighted by Gasteiger charge is -2.35. The summed E-state index contributed by atoms with van der Waals surface area (Å²) >= 11 is 4.98. The highest BCUT2D eigenvalue weighted by atomic mass is 32.1. The first-order valence-electron chi connectivity index (χ1n) is 7.10. The van der Waals surface area contributed by atoms with Gasteiger partial charge >= 0.3 is 0 Å². The van der Waals surface area contributed by atoms with E-state index in [-0.39, 0.29) is 0 Å². The van der Waals surface area contributed by atoms with Gasteiger partial charge in [-0.15, -0.1) is 0 Å². The van der Waals surface area contributed by atoms with E-state index in [2.05, 4.69) is 24.1 Å². The molecular formula is C15H23N3S. The normalized spacial score (nSPS) is 23.3. The summed E-state index contributed by atoms with van der Waals surface area (Å²) in [5.74, 6) is 1.46. The fourth-order valence-electron chi connectivity index (χ4n) is 3.01. The minimum atomic E-state index is 0.354. The zero-order valence-corrected chi connectivity index (χ0v) is 12.5. The van der Waals surface area contributed by atoms with E-state index >= 15 is 0 Å². The summed E-state index contributed by atoms with van der Waals surface area (Å²) in [6, 6.07) is 4.50. The second-order valence-electron chi connectivity index (χ2n) is 5.74. The summed E-state index contributed by atoms with van der Waals surface area (Å²) in [7, 11) is 0. The molecule has 1 heterocycles. The highest BCUT2D eigenvalue weighted by Gasteiger charge is 2.27. The highest BCUT2D eigenvalue weighted by molar-refractivity contribution is 7.80. The molecule has 19 heavy (non-hydrogen) atoms. The second-order valence-corrected chi connectivity index (χ2v) is 6.18. The van der Waals surface area contributed by atoms with Gasteiger partial charge in [0.15, 0.2) is 0 Å². The Labute approximate surface area is 121 Å². The molecule has 0 aliphatic heterocycles. The predicted octanol–water partition coefficient (Wildman–Crippen LogP) is 3.34. The van der Waals surface area contributed by atoms with Crippen LogP contribution >= 0.6 is 12.2 Å². The SMILES string of the molecule is CC(C)C1CCCCC1Nc1ccnc(C(N)=S)c1. The average Bonchev–Trinajstić information content (AvgIpc) is 2.39. The van der Waals surface area contributed by atoms with E-state index in [1.807, 2.05) is 12.1 Å². The van der Waals surface area contributed by atoms with Crippen molar-refractivity contribution in [2.75, 3.05) is 5.32 Å². The lowest BCUT2D eigenvalue weighted by Crippen LogP contribution is -2.35. The number of pyridine rings is 1. The van der Waals surface area contributed by atoms with Gasteiger partial charge in [-0.25, -0.2) is 0 Å². The number of anilines is 1. The molecule has 104 valence electrons. The quantitative estimate of drug-likeness (QED) is 0.829. The van der Waals surface area contributed by atoms with Gasteiger partial charge in [0.25, 0.3) is 0 Å². The molecule has 0 saturated heterocycles. The first kappa shape index (κ1) is 14.3. The molecule has 0 aromatic carbocycles. The van der Waals surface area contributed by atoms with Gasteiger partial charge in [-0.05, 0) is 36.8 Å². The summed E-state index contributed by atoms with van der Waals surface area (Å²) in [5.41, 5.74) is 7.40. The summed E-state index contributed by atoms with van der Waals surface area (Å²) in [6.07, 6.45) is 7.00. The summed E-state index contributed by atoms with van der Waals surface area (Å²) in [4.78, 5) is 4.53. The Bertz CT molecular complexity index is 445. The fraction of sp³-hybridized carbons (Fsp3) is 0.600. The Hall–Kier alpha value is -1.16. The van der Waals surface area contributed by atoms with Crippen LogP contribution in [0.3, 0.4) is 0 Å². The van der Waals surface area contributed by atoms with Gasteiger partial charge in [0, 0.05) is 17.9 Å². The van der Waals surface area contributed by atoms with E-state index in [1.165, 1.54) is 25.7 Å².